The number of nitrogens with one attached hydrogen (secondary N) is 2. The van der Waals surface area contributed by atoms with Crippen LogP contribution in [0.2, 0.25) is 0 Å². The highest BCUT2D eigenvalue weighted by Gasteiger charge is 2.06. The lowest BCUT2D eigenvalue weighted by atomic mass is 10.1. The summed E-state index contributed by atoms with van der Waals surface area (Å²) in [7, 11) is 0. The first-order valence-corrected chi connectivity index (χ1v) is 9.53. The number of benzene rings is 2. The van der Waals surface area contributed by atoms with Gasteiger partial charge in [0, 0.05) is 30.5 Å². The molecular weight excluding hydrogens is 380 g/mol. The average Bonchev–Trinajstić information content (AvgIpc) is 2.66. The Morgan fingerprint density at radius 3 is 2.29 bits per heavy atom. The van der Waals surface area contributed by atoms with Crippen LogP contribution in [0, 0.1) is 10.1 Å². The maximum absolute atomic E-state index is 11.9. The lowest BCUT2D eigenvalue weighted by Gasteiger charge is -2.05. The Balaban J connectivity index is 1.79. The zero-order valence-corrected chi connectivity index (χ0v) is 16.3. The summed E-state index contributed by atoms with van der Waals surface area (Å²) in [4.78, 5) is 33.1. The van der Waals surface area contributed by atoms with Gasteiger partial charge in [-0.2, -0.15) is 5.10 Å². The predicted molar refractivity (Wildman–Crippen MR) is 110 cm³/mol. The van der Waals surface area contributed by atoms with Crippen molar-refractivity contribution in [2.45, 2.75) is 19.6 Å². The molecule has 0 aliphatic heterocycles. The van der Waals surface area contributed by atoms with Crippen molar-refractivity contribution in [1.82, 2.24) is 5.43 Å². The van der Waals surface area contributed by atoms with Crippen LogP contribution < -0.4 is 10.7 Å². The molecule has 28 heavy (non-hydrogen) atoms. The van der Waals surface area contributed by atoms with Crippen LogP contribution in [-0.4, -0.2) is 28.2 Å². The normalized spacial score (nSPS) is 11.0. The van der Waals surface area contributed by atoms with E-state index in [1.165, 1.54) is 30.8 Å². The van der Waals surface area contributed by atoms with Gasteiger partial charge in [0.15, 0.2) is 0 Å². The molecule has 0 radical (unpaired) electrons. The predicted octanol–water partition coefficient (Wildman–Crippen LogP) is 3.33. The molecule has 8 nitrogen and oxygen atoms in total. The highest BCUT2D eigenvalue weighted by molar-refractivity contribution is 7.99. The fourth-order valence-corrected chi connectivity index (χ4v) is 3.00. The number of hydrogen-bond donors (Lipinski definition) is 2. The number of nitro groups is 1. The molecule has 146 valence electrons. The Hall–Kier alpha value is -3.20. The third kappa shape index (κ3) is 6.84. The number of thioether (sulfide) groups is 1. The summed E-state index contributed by atoms with van der Waals surface area (Å²) >= 11 is 1.39. The van der Waals surface area contributed by atoms with E-state index in [4.69, 9.17) is 0 Å². The van der Waals surface area contributed by atoms with Crippen molar-refractivity contribution >= 4 is 40.7 Å². The molecule has 0 unspecified atom stereocenters. The summed E-state index contributed by atoms with van der Waals surface area (Å²) in [6.45, 7) is 3.22. The fourth-order valence-electron chi connectivity index (χ4n) is 2.22. The van der Waals surface area contributed by atoms with E-state index >= 15 is 0 Å². The molecule has 0 aliphatic carbocycles. The van der Waals surface area contributed by atoms with Crippen LogP contribution >= 0.6 is 11.8 Å². The summed E-state index contributed by atoms with van der Waals surface area (Å²) in [5.74, 6) is 0.409. The zero-order valence-electron chi connectivity index (χ0n) is 15.5. The van der Waals surface area contributed by atoms with Crippen molar-refractivity contribution in [2.75, 3.05) is 11.1 Å². The van der Waals surface area contributed by atoms with Crippen LogP contribution in [0.4, 0.5) is 11.4 Å². The number of amides is 2. The number of nitro benzene ring substituents is 1. The molecule has 0 fully saturated rings. The largest absolute Gasteiger partial charge is 0.326 e. The lowest BCUT2D eigenvalue weighted by Crippen LogP contribution is -2.21. The highest BCUT2D eigenvalue weighted by Crippen LogP contribution is 2.16. The van der Waals surface area contributed by atoms with Gasteiger partial charge >= 0.3 is 0 Å². The molecule has 0 saturated heterocycles. The second-order valence-corrected chi connectivity index (χ2v) is 6.89. The number of carbonyl (C=O) groups excluding carboxylic acids is 2. The Bertz CT molecular complexity index is 880. The molecule has 0 aromatic heterocycles. The Morgan fingerprint density at radius 1 is 1.07 bits per heavy atom. The van der Waals surface area contributed by atoms with E-state index in [-0.39, 0.29) is 23.3 Å². The highest BCUT2D eigenvalue weighted by atomic mass is 32.2. The Kier molecular flexibility index (Phi) is 7.70. The molecule has 2 aromatic carbocycles. The van der Waals surface area contributed by atoms with Crippen molar-refractivity contribution in [3.05, 3.63) is 69.8 Å². The summed E-state index contributed by atoms with van der Waals surface area (Å²) in [6.07, 6.45) is 0. The van der Waals surface area contributed by atoms with Crippen molar-refractivity contribution in [1.29, 1.82) is 0 Å². The van der Waals surface area contributed by atoms with Gasteiger partial charge in [-0.1, -0.05) is 24.3 Å². The van der Waals surface area contributed by atoms with Gasteiger partial charge in [0.25, 0.3) is 5.69 Å². The summed E-state index contributed by atoms with van der Waals surface area (Å²) in [5.41, 5.74) is 5.61. The molecule has 0 heterocycles. The molecule has 9 heteroatoms. The molecule has 2 N–H and O–H groups in total. The third-order valence-corrected chi connectivity index (χ3v) is 4.62. The topological polar surface area (TPSA) is 114 Å². The van der Waals surface area contributed by atoms with Gasteiger partial charge in [-0.3, -0.25) is 19.7 Å². The Morgan fingerprint density at radius 2 is 1.71 bits per heavy atom. The summed E-state index contributed by atoms with van der Waals surface area (Å²) in [6, 6.07) is 13.4. The molecule has 0 atom stereocenters. The van der Waals surface area contributed by atoms with E-state index in [9.17, 15) is 19.7 Å². The standard InChI is InChI=1S/C19H20N4O4S/c1-13(16-5-7-17(8-6-16)20-14(2)24)21-22-19(25)12-28-11-15-3-9-18(10-4-15)23(26)27/h3-10H,11-12H2,1-2H3,(H,20,24)(H,22,25)/b21-13-. The van der Waals surface area contributed by atoms with Gasteiger partial charge in [-0.15, -0.1) is 11.8 Å². The smallest absolute Gasteiger partial charge is 0.269 e. The van der Waals surface area contributed by atoms with Crippen molar-refractivity contribution in [3.63, 3.8) is 0 Å². The summed E-state index contributed by atoms with van der Waals surface area (Å²) < 4.78 is 0. The zero-order chi connectivity index (χ0) is 20.5. The number of non-ortho nitro benzene ring substituents is 1. The molecule has 0 aliphatic rings. The quantitative estimate of drug-likeness (QED) is 0.401. The second-order valence-electron chi connectivity index (χ2n) is 5.91. The van der Waals surface area contributed by atoms with Gasteiger partial charge in [-0.25, -0.2) is 5.43 Å². The Labute approximate surface area is 166 Å². The van der Waals surface area contributed by atoms with Crippen molar-refractivity contribution in [3.8, 4) is 0 Å². The van der Waals surface area contributed by atoms with Crippen molar-refractivity contribution in [2.24, 2.45) is 5.10 Å². The molecule has 2 amide bonds. The lowest BCUT2D eigenvalue weighted by molar-refractivity contribution is -0.384. The SMILES string of the molecule is CC(=O)Nc1ccc(/C(C)=N\NC(=O)CSCc2ccc([N+](=O)[O-])cc2)cc1. The molecule has 2 rings (SSSR count). The van der Waals surface area contributed by atoms with Crippen molar-refractivity contribution < 1.29 is 14.5 Å². The maximum Gasteiger partial charge on any atom is 0.269 e. The van der Waals surface area contributed by atoms with Crippen LogP contribution in [0.1, 0.15) is 25.0 Å². The third-order valence-electron chi connectivity index (χ3n) is 3.62. The van der Waals surface area contributed by atoms with Crippen LogP contribution in [0.3, 0.4) is 0 Å². The molecular formula is C19H20N4O4S. The van der Waals surface area contributed by atoms with Gasteiger partial charge in [-0.05, 0) is 30.2 Å². The van der Waals surface area contributed by atoms with E-state index in [0.717, 1.165) is 11.1 Å². The number of nitrogens with zero attached hydrogens (tertiary/aromatic N) is 2. The first-order valence-electron chi connectivity index (χ1n) is 8.37. The van der Waals surface area contributed by atoms with E-state index in [2.05, 4.69) is 15.8 Å². The minimum Gasteiger partial charge on any atom is -0.326 e. The van der Waals surface area contributed by atoms with E-state index in [1.807, 2.05) is 0 Å². The molecule has 0 saturated carbocycles. The van der Waals surface area contributed by atoms with Crippen LogP contribution in [0.5, 0.6) is 0 Å². The minimum absolute atomic E-state index is 0.0430. The first kappa shape index (κ1) is 21.1. The number of anilines is 1. The number of carbonyl (C=O) groups is 2. The number of rotatable bonds is 8. The summed E-state index contributed by atoms with van der Waals surface area (Å²) in [5, 5.41) is 17.4. The molecule has 0 spiro atoms. The van der Waals surface area contributed by atoms with Gasteiger partial charge in [0.1, 0.15) is 0 Å². The average molecular weight is 400 g/mol. The number of hydrazone groups is 1. The van der Waals surface area contributed by atoms with Crippen LogP contribution in [-0.2, 0) is 15.3 Å². The number of hydrogen-bond acceptors (Lipinski definition) is 6. The van der Waals surface area contributed by atoms with E-state index < -0.39 is 4.92 Å². The van der Waals surface area contributed by atoms with Crippen LogP contribution in [0.25, 0.3) is 0 Å². The van der Waals surface area contributed by atoms with Crippen LogP contribution in [0.15, 0.2) is 53.6 Å². The molecule has 2 aromatic rings. The van der Waals surface area contributed by atoms with Gasteiger partial charge in [0.05, 0.1) is 16.4 Å². The van der Waals surface area contributed by atoms with Gasteiger partial charge in [0.2, 0.25) is 11.8 Å². The minimum atomic E-state index is -0.446. The van der Waals surface area contributed by atoms with Gasteiger partial charge < -0.3 is 5.32 Å². The van der Waals surface area contributed by atoms with E-state index in [0.29, 0.717) is 17.2 Å². The maximum atomic E-state index is 11.9. The first-order chi connectivity index (χ1) is 13.3. The molecule has 0 bridgehead atoms. The second kappa shape index (κ2) is 10.2. The monoisotopic (exact) mass is 400 g/mol. The fraction of sp³-hybridized carbons (Fsp3) is 0.211. The van der Waals surface area contributed by atoms with E-state index in [1.54, 1.807) is 43.3 Å².